The number of amides is 1. The quantitative estimate of drug-likeness (QED) is 0.301. The fraction of sp³-hybridized carbons (Fsp3) is 0.190. The van der Waals surface area contributed by atoms with Gasteiger partial charge in [0.1, 0.15) is 5.58 Å². The first-order chi connectivity index (χ1) is 14.5. The van der Waals surface area contributed by atoms with Crippen molar-refractivity contribution in [1.82, 2.24) is 5.43 Å². The summed E-state index contributed by atoms with van der Waals surface area (Å²) in [7, 11) is 1.28. The number of carbonyl (C=O) groups excluding carboxylic acids is 2. The van der Waals surface area contributed by atoms with Crippen molar-refractivity contribution in [1.29, 1.82) is 0 Å². The molecule has 0 unspecified atom stereocenters. The van der Waals surface area contributed by atoms with Crippen molar-refractivity contribution in [2.45, 2.75) is 6.92 Å². The minimum Gasteiger partial charge on any atom is -0.490 e. The van der Waals surface area contributed by atoms with Crippen LogP contribution in [0.3, 0.4) is 0 Å². The zero-order valence-electron chi connectivity index (χ0n) is 16.3. The van der Waals surface area contributed by atoms with Crippen LogP contribution in [0.5, 0.6) is 11.5 Å². The Kier molecular flexibility index (Phi) is 7.08. The van der Waals surface area contributed by atoms with Crippen LogP contribution in [0.15, 0.2) is 56.5 Å². The van der Waals surface area contributed by atoms with Crippen molar-refractivity contribution in [3.63, 3.8) is 0 Å². The number of fused-ring (bicyclic) bond motifs is 1. The van der Waals surface area contributed by atoms with Crippen LogP contribution in [0, 0.1) is 0 Å². The van der Waals surface area contributed by atoms with E-state index in [2.05, 4.69) is 31.2 Å². The normalized spacial score (nSPS) is 10.9. The number of hydrogen-bond acceptors (Lipinski definition) is 7. The van der Waals surface area contributed by atoms with Gasteiger partial charge in [-0.05, 0) is 52.7 Å². The molecule has 0 saturated carbocycles. The van der Waals surface area contributed by atoms with Gasteiger partial charge >= 0.3 is 11.9 Å². The standard InChI is InChI=1S/C21H19BrN2O6/c1-3-28-17-9-13(8-15(22)20(17)29-12-19(25)27-2)11-23-24-21(26)18-10-14-6-4-5-7-16(14)30-18/h4-11H,3,12H2,1-2H3,(H,24,26)/b23-11+. The summed E-state index contributed by atoms with van der Waals surface area (Å²) in [6, 6.07) is 12.4. The largest absolute Gasteiger partial charge is 0.490 e. The van der Waals surface area contributed by atoms with Crippen LogP contribution in [0.1, 0.15) is 23.0 Å². The summed E-state index contributed by atoms with van der Waals surface area (Å²) in [5.74, 6) is -0.0319. The third kappa shape index (κ3) is 5.18. The molecular weight excluding hydrogens is 456 g/mol. The summed E-state index contributed by atoms with van der Waals surface area (Å²) in [6.07, 6.45) is 1.46. The molecule has 0 fully saturated rings. The molecule has 0 radical (unpaired) electrons. The molecule has 1 aromatic heterocycles. The van der Waals surface area contributed by atoms with Crippen LogP contribution in [-0.4, -0.2) is 38.4 Å². The number of esters is 1. The van der Waals surface area contributed by atoms with Crippen molar-refractivity contribution in [2.75, 3.05) is 20.3 Å². The van der Waals surface area contributed by atoms with Crippen LogP contribution in [0.25, 0.3) is 11.0 Å². The topological polar surface area (TPSA) is 99.4 Å². The second kappa shape index (κ2) is 9.93. The number of hydrogen-bond donors (Lipinski definition) is 1. The van der Waals surface area contributed by atoms with Gasteiger partial charge in [-0.1, -0.05) is 18.2 Å². The zero-order valence-corrected chi connectivity index (χ0v) is 17.9. The third-order valence-corrected chi connectivity index (χ3v) is 4.51. The lowest BCUT2D eigenvalue weighted by molar-refractivity contribution is -0.142. The number of furan rings is 1. The Labute approximate surface area is 180 Å². The van der Waals surface area contributed by atoms with Gasteiger partial charge in [0.05, 0.1) is 24.4 Å². The van der Waals surface area contributed by atoms with Gasteiger partial charge in [-0.25, -0.2) is 10.2 Å². The maximum absolute atomic E-state index is 12.3. The monoisotopic (exact) mass is 474 g/mol. The van der Waals surface area contributed by atoms with E-state index in [-0.39, 0.29) is 12.4 Å². The molecule has 0 bridgehead atoms. The molecule has 1 heterocycles. The Morgan fingerprint density at radius 2 is 2.00 bits per heavy atom. The van der Waals surface area contributed by atoms with E-state index >= 15 is 0 Å². The van der Waals surface area contributed by atoms with Gasteiger partial charge in [-0.2, -0.15) is 5.10 Å². The van der Waals surface area contributed by atoms with Crippen LogP contribution in [0.2, 0.25) is 0 Å². The van der Waals surface area contributed by atoms with E-state index in [0.29, 0.717) is 33.7 Å². The number of ether oxygens (including phenoxy) is 3. The molecule has 0 aliphatic carbocycles. The Balaban J connectivity index is 1.72. The highest BCUT2D eigenvalue weighted by atomic mass is 79.9. The summed E-state index contributed by atoms with van der Waals surface area (Å²) >= 11 is 3.40. The van der Waals surface area contributed by atoms with Gasteiger partial charge in [0.25, 0.3) is 0 Å². The van der Waals surface area contributed by atoms with E-state index < -0.39 is 11.9 Å². The number of carbonyl (C=O) groups is 2. The molecule has 0 saturated heterocycles. The van der Waals surface area contributed by atoms with E-state index in [1.54, 1.807) is 24.3 Å². The lowest BCUT2D eigenvalue weighted by Gasteiger charge is -2.13. The molecule has 2 aromatic carbocycles. The van der Waals surface area contributed by atoms with Crippen molar-refractivity contribution >= 4 is 45.0 Å². The van der Waals surface area contributed by atoms with Crippen LogP contribution in [-0.2, 0) is 9.53 Å². The number of rotatable bonds is 8. The van der Waals surface area contributed by atoms with Gasteiger partial charge in [0.15, 0.2) is 23.9 Å². The van der Waals surface area contributed by atoms with E-state index in [0.717, 1.165) is 5.39 Å². The Bertz CT molecular complexity index is 1060. The molecule has 3 rings (SSSR count). The van der Waals surface area contributed by atoms with E-state index in [9.17, 15) is 9.59 Å². The van der Waals surface area contributed by atoms with Gasteiger partial charge in [-0.15, -0.1) is 0 Å². The average Bonchev–Trinajstić information content (AvgIpc) is 3.17. The average molecular weight is 475 g/mol. The Morgan fingerprint density at radius 1 is 1.20 bits per heavy atom. The number of methoxy groups -OCH3 is 1. The fourth-order valence-corrected chi connectivity index (χ4v) is 3.14. The minimum absolute atomic E-state index is 0.163. The molecule has 156 valence electrons. The number of hydrazone groups is 1. The molecule has 8 nitrogen and oxygen atoms in total. The number of benzene rings is 2. The second-order valence-electron chi connectivity index (χ2n) is 5.98. The van der Waals surface area contributed by atoms with Gasteiger partial charge in [0, 0.05) is 5.39 Å². The van der Waals surface area contributed by atoms with E-state index in [4.69, 9.17) is 13.9 Å². The van der Waals surface area contributed by atoms with Gasteiger partial charge in [0.2, 0.25) is 0 Å². The first-order valence-electron chi connectivity index (χ1n) is 8.99. The molecule has 1 amide bonds. The summed E-state index contributed by atoms with van der Waals surface area (Å²) < 4.78 is 21.7. The molecular formula is C21H19BrN2O6. The van der Waals surface area contributed by atoms with E-state index in [1.165, 1.54) is 13.3 Å². The third-order valence-electron chi connectivity index (χ3n) is 3.92. The molecule has 30 heavy (non-hydrogen) atoms. The zero-order chi connectivity index (χ0) is 21.5. The predicted octanol–water partition coefficient (Wildman–Crippen LogP) is 3.91. The maximum atomic E-state index is 12.3. The first kappa shape index (κ1) is 21.4. The lowest BCUT2D eigenvalue weighted by atomic mass is 10.2. The molecule has 9 heteroatoms. The fourth-order valence-electron chi connectivity index (χ4n) is 2.57. The minimum atomic E-state index is -0.511. The smallest absolute Gasteiger partial charge is 0.343 e. The molecule has 0 atom stereocenters. The van der Waals surface area contributed by atoms with Crippen LogP contribution in [0.4, 0.5) is 0 Å². The van der Waals surface area contributed by atoms with Crippen molar-refractivity contribution in [3.05, 3.63) is 58.3 Å². The van der Waals surface area contributed by atoms with Crippen LogP contribution < -0.4 is 14.9 Å². The summed E-state index contributed by atoms with van der Waals surface area (Å²) in [6.45, 7) is 1.97. The molecule has 0 aliphatic heterocycles. The highest BCUT2D eigenvalue weighted by molar-refractivity contribution is 9.10. The number of nitrogens with one attached hydrogen (secondary N) is 1. The summed E-state index contributed by atoms with van der Waals surface area (Å²) in [5.41, 5.74) is 3.69. The summed E-state index contributed by atoms with van der Waals surface area (Å²) in [5, 5.41) is 4.80. The van der Waals surface area contributed by atoms with Gasteiger partial charge in [-0.3, -0.25) is 4.79 Å². The van der Waals surface area contributed by atoms with Crippen molar-refractivity contribution < 1.29 is 28.2 Å². The molecule has 0 spiro atoms. The highest BCUT2D eigenvalue weighted by Crippen LogP contribution is 2.36. The predicted molar refractivity (Wildman–Crippen MR) is 114 cm³/mol. The molecule has 3 aromatic rings. The molecule has 1 N–H and O–H groups in total. The Hall–Kier alpha value is -3.33. The number of nitrogens with zero attached hydrogens (tertiary/aromatic N) is 1. The van der Waals surface area contributed by atoms with Crippen molar-refractivity contribution in [2.24, 2.45) is 5.10 Å². The van der Waals surface area contributed by atoms with E-state index in [1.807, 2.05) is 25.1 Å². The number of para-hydroxylation sites is 1. The first-order valence-corrected chi connectivity index (χ1v) is 9.79. The second-order valence-corrected chi connectivity index (χ2v) is 6.83. The van der Waals surface area contributed by atoms with Crippen molar-refractivity contribution in [3.8, 4) is 11.5 Å². The maximum Gasteiger partial charge on any atom is 0.343 e. The summed E-state index contributed by atoms with van der Waals surface area (Å²) in [4.78, 5) is 23.6. The molecule has 0 aliphatic rings. The number of halogens is 1. The SMILES string of the molecule is CCOc1cc(/C=N/NC(=O)c2cc3ccccc3o2)cc(Br)c1OCC(=O)OC. The highest BCUT2D eigenvalue weighted by Gasteiger charge is 2.14. The Morgan fingerprint density at radius 3 is 2.73 bits per heavy atom. The van der Waals surface area contributed by atoms with Gasteiger partial charge < -0.3 is 18.6 Å². The van der Waals surface area contributed by atoms with Crippen LogP contribution >= 0.6 is 15.9 Å². The lowest BCUT2D eigenvalue weighted by Crippen LogP contribution is -2.16.